The highest BCUT2D eigenvalue weighted by Crippen LogP contribution is 2.40. The smallest absolute Gasteiger partial charge is 0.177 e. The first kappa shape index (κ1) is 10.7. The minimum absolute atomic E-state index is 0.0146. The number of nitrogens with zero attached hydrogens (tertiary/aromatic N) is 1. The Hall–Kier alpha value is -1.84. The van der Waals surface area contributed by atoms with Crippen LogP contribution in [-0.2, 0) is 0 Å². The largest absolute Gasteiger partial charge is 0.496 e. The van der Waals surface area contributed by atoms with Crippen LogP contribution in [0.1, 0.15) is 17.3 Å². The van der Waals surface area contributed by atoms with Crippen LogP contribution in [-0.4, -0.2) is 26.2 Å². The van der Waals surface area contributed by atoms with Gasteiger partial charge in [0.15, 0.2) is 5.78 Å². The summed E-state index contributed by atoms with van der Waals surface area (Å²) >= 11 is 0. The molecule has 0 saturated carbocycles. The molecule has 4 heteroatoms. The van der Waals surface area contributed by atoms with E-state index in [0.29, 0.717) is 22.7 Å². The molecule has 1 aliphatic rings. The van der Waals surface area contributed by atoms with E-state index in [1.54, 1.807) is 32.6 Å². The zero-order valence-electron chi connectivity index (χ0n) is 9.48. The van der Waals surface area contributed by atoms with Gasteiger partial charge in [-0.1, -0.05) is 6.92 Å². The van der Waals surface area contributed by atoms with Gasteiger partial charge in [0, 0.05) is 6.21 Å². The first-order valence-corrected chi connectivity index (χ1v) is 5.02. The third-order valence-corrected chi connectivity index (χ3v) is 2.63. The van der Waals surface area contributed by atoms with E-state index in [4.69, 9.17) is 9.47 Å². The van der Waals surface area contributed by atoms with Crippen molar-refractivity contribution in [2.45, 2.75) is 6.92 Å². The van der Waals surface area contributed by atoms with Gasteiger partial charge in [0.2, 0.25) is 0 Å². The van der Waals surface area contributed by atoms with Crippen LogP contribution in [0.25, 0.3) is 0 Å². The second kappa shape index (κ2) is 3.96. The van der Waals surface area contributed by atoms with Gasteiger partial charge < -0.3 is 9.47 Å². The maximum Gasteiger partial charge on any atom is 0.177 e. The summed E-state index contributed by atoms with van der Waals surface area (Å²) in [6, 6.07) is 3.47. The minimum atomic E-state index is -0.214. The Morgan fingerprint density at radius 3 is 2.44 bits per heavy atom. The van der Waals surface area contributed by atoms with E-state index >= 15 is 0 Å². The number of aliphatic imine (C=N–C) groups is 1. The number of Topliss-reactive ketones (excluding diaryl/α,β-unsaturated/α-hetero) is 1. The molecule has 84 valence electrons. The van der Waals surface area contributed by atoms with Gasteiger partial charge in [0.1, 0.15) is 17.2 Å². The van der Waals surface area contributed by atoms with Crippen molar-refractivity contribution in [2.24, 2.45) is 10.9 Å². The summed E-state index contributed by atoms with van der Waals surface area (Å²) in [5, 5.41) is 0. The van der Waals surface area contributed by atoms with Crippen molar-refractivity contribution in [3.05, 3.63) is 17.7 Å². The lowest BCUT2D eigenvalue weighted by atomic mass is 9.95. The van der Waals surface area contributed by atoms with Crippen LogP contribution >= 0.6 is 0 Å². The standard InChI is InChI=1S/C12H13NO3/c1-7-6-13-11-9(16-3)5-4-8(15-2)10(11)12(7)14/h4-7H,1-3H3. The SMILES string of the molecule is COc1ccc(OC)c2c1N=CC(C)C2=O. The van der Waals surface area contributed by atoms with Crippen LogP contribution in [0, 0.1) is 5.92 Å². The van der Waals surface area contributed by atoms with Gasteiger partial charge in [-0.2, -0.15) is 0 Å². The number of carbonyl (C=O) groups excluding carboxylic acids is 1. The number of hydrogen-bond acceptors (Lipinski definition) is 4. The number of benzene rings is 1. The van der Waals surface area contributed by atoms with E-state index in [1.165, 1.54) is 0 Å². The van der Waals surface area contributed by atoms with Crippen molar-refractivity contribution in [1.29, 1.82) is 0 Å². The van der Waals surface area contributed by atoms with Crippen LogP contribution in [0.2, 0.25) is 0 Å². The average Bonchev–Trinajstić information content (AvgIpc) is 2.32. The summed E-state index contributed by atoms with van der Waals surface area (Å²) in [6.07, 6.45) is 1.63. The maximum atomic E-state index is 12.0. The number of carbonyl (C=O) groups is 1. The molecule has 0 radical (unpaired) electrons. The minimum Gasteiger partial charge on any atom is -0.496 e. The molecule has 0 fully saturated rings. The zero-order valence-corrected chi connectivity index (χ0v) is 9.48. The van der Waals surface area contributed by atoms with Crippen LogP contribution in [0.5, 0.6) is 11.5 Å². The number of ether oxygens (including phenoxy) is 2. The second-order valence-corrected chi connectivity index (χ2v) is 3.62. The van der Waals surface area contributed by atoms with Crippen molar-refractivity contribution in [2.75, 3.05) is 14.2 Å². The molecule has 1 heterocycles. The Morgan fingerprint density at radius 2 is 1.81 bits per heavy atom. The quantitative estimate of drug-likeness (QED) is 0.766. The molecule has 1 aromatic carbocycles. The van der Waals surface area contributed by atoms with Gasteiger partial charge in [-0.25, -0.2) is 0 Å². The van der Waals surface area contributed by atoms with Crippen molar-refractivity contribution < 1.29 is 14.3 Å². The molecule has 0 amide bonds. The summed E-state index contributed by atoms with van der Waals surface area (Å²) in [7, 11) is 3.10. The molecule has 0 aromatic heterocycles. The highest BCUT2D eigenvalue weighted by molar-refractivity contribution is 6.14. The van der Waals surface area contributed by atoms with E-state index in [2.05, 4.69) is 4.99 Å². The maximum absolute atomic E-state index is 12.0. The lowest BCUT2D eigenvalue weighted by Gasteiger charge is -2.18. The Morgan fingerprint density at radius 1 is 1.19 bits per heavy atom. The van der Waals surface area contributed by atoms with Crippen molar-refractivity contribution in [1.82, 2.24) is 0 Å². The number of hydrogen-bond donors (Lipinski definition) is 0. The molecule has 1 unspecified atom stereocenters. The molecule has 1 atom stereocenters. The third kappa shape index (κ3) is 1.46. The highest BCUT2D eigenvalue weighted by atomic mass is 16.5. The normalized spacial score (nSPS) is 18.2. The van der Waals surface area contributed by atoms with Crippen molar-refractivity contribution in [3.63, 3.8) is 0 Å². The number of methoxy groups -OCH3 is 2. The molecule has 0 aliphatic carbocycles. The fourth-order valence-electron chi connectivity index (χ4n) is 1.74. The van der Waals surface area contributed by atoms with Gasteiger partial charge in [0.25, 0.3) is 0 Å². The average molecular weight is 219 g/mol. The molecular formula is C12H13NO3. The Labute approximate surface area is 93.9 Å². The van der Waals surface area contributed by atoms with Gasteiger partial charge in [-0.05, 0) is 12.1 Å². The summed E-state index contributed by atoms with van der Waals surface area (Å²) in [5.41, 5.74) is 1.07. The molecule has 0 saturated heterocycles. The molecule has 16 heavy (non-hydrogen) atoms. The molecule has 1 aromatic rings. The second-order valence-electron chi connectivity index (χ2n) is 3.62. The number of rotatable bonds is 2. The van der Waals surface area contributed by atoms with E-state index in [-0.39, 0.29) is 11.7 Å². The van der Waals surface area contributed by atoms with E-state index in [1.807, 2.05) is 6.92 Å². The van der Waals surface area contributed by atoms with Gasteiger partial charge >= 0.3 is 0 Å². The van der Waals surface area contributed by atoms with Crippen LogP contribution < -0.4 is 9.47 Å². The Kier molecular flexibility index (Phi) is 2.64. The molecular weight excluding hydrogens is 206 g/mol. The molecule has 0 bridgehead atoms. The third-order valence-electron chi connectivity index (χ3n) is 2.63. The van der Waals surface area contributed by atoms with Crippen LogP contribution in [0.3, 0.4) is 0 Å². The van der Waals surface area contributed by atoms with E-state index < -0.39 is 0 Å². The predicted molar refractivity (Wildman–Crippen MR) is 61.2 cm³/mol. The van der Waals surface area contributed by atoms with Crippen LogP contribution in [0.15, 0.2) is 17.1 Å². The van der Waals surface area contributed by atoms with E-state index in [0.717, 1.165) is 0 Å². The number of fused-ring (bicyclic) bond motifs is 1. The highest BCUT2D eigenvalue weighted by Gasteiger charge is 2.27. The van der Waals surface area contributed by atoms with Crippen molar-refractivity contribution >= 4 is 17.7 Å². The van der Waals surface area contributed by atoms with Gasteiger partial charge in [-0.3, -0.25) is 9.79 Å². The summed E-state index contributed by atoms with van der Waals surface area (Å²) < 4.78 is 10.4. The molecule has 0 spiro atoms. The van der Waals surface area contributed by atoms with Gasteiger partial charge in [0.05, 0.1) is 25.7 Å². The molecule has 0 N–H and O–H groups in total. The fraction of sp³-hybridized carbons (Fsp3) is 0.333. The topological polar surface area (TPSA) is 47.9 Å². The predicted octanol–water partition coefficient (Wildman–Crippen LogP) is 2.24. The summed E-state index contributed by atoms with van der Waals surface area (Å²) in [4.78, 5) is 16.3. The molecule has 2 rings (SSSR count). The van der Waals surface area contributed by atoms with Crippen LogP contribution in [0.4, 0.5) is 5.69 Å². The summed E-state index contributed by atoms with van der Waals surface area (Å²) in [5.74, 6) is 0.936. The van der Waals surface area contributed by atoms with E-state index in [9.17, 15) is 4.79 Å². The fourth-order valence-corrected chi connectivity index (χ4v) is 1.74. The molecule has 4 nitrogen and oxygen atoms in total. The lowest BCUT2D eigenvalue weighted by molar-refractivity contribution is 0.0959. The monoisotopic (exact) mass is 219 g/mol. The first-order chi connectivity index (χ1) is 7.69. The Bertz CT molecular complexity index is 466. The first-order valence-electron chi connectivity index (χ1n) is 5.02. The van der Waals surface area contributed by atoms with Gasteiger partial charge in [-0.15, -0.1) is 0 Å². The molecule has 1 aliphatic heterocycles. The lowest BCUT2D eigenvalue weighted by Crippen LogP contribution is -2.17. The summed E-state index contributed by atoms with van der Waals surface area (Å²) in [6.45, 7) is 1.81. The zero-order chi connectivity index (χ0) is 11.7. The Balaban J connectivity index is 2.68. The number of ketones is 1. The van der Waals surface area contributed by atoms with Crippen molar-refractivity contribution in [3.8, 4) is 11.5 Å².